The first-order chi connectivity index (χ1) is 8.03. The summed E-state index contributed by atoms with van der Waals surface area (Å²) in [6.07, 6.45) is 1.01. The number of sulfonamides is 1. The molecule has 7 heteroatoms. The molecule has 1 heterocycles. The molecule has 0 aliphatic rings. The fraction of sp³-hybridized carbons (Fsp3) is 0.700. The van der Waals surface area contributed by atoms with E-state index in [2.05, 4.69) is 27.2 Å². The Bertz CT molecular complexity index is 453. The van der Waals surface area contributed by atoms with E-state index in [0.29, 0.717) is 18.7 Å². The smallest absolute Gasteiger partial charge is 0.260 e. The van der Waals surface area contributed by atoms with E-state index in [1.165, 1.54) is 0 Å². The second-order valence-corrected chi connectivity index (χ2v) is 5.49. The van der Waals surface area contributed by atoms with Crippen molar-refractivity contribution in [3.8, 4) is 0 Å². The summed E-state index contributed by atoms with van der Waals surface area (Å²) in [5.74, 6) is 0. The normalized spacial score (nSPS) is 11.9. The molecule has 0 fully saturated rings. The first kappa shape index (κ1) is 14.1. The number of hydrogen-bond acceptors (Lipinski definition) is 4. The zero-order chi connectivity index (χ0) is 12.9. The van der Waals surface area contributed by atoms with Gasteiger partial charge in [-0.1, -0.05) is 13.8 Å². The molecule has 0 amide bonds. The van der Waals surface area contributed by atoms with E-state index in [9.17, 15) is 8.42 Å². The van der Waals surface area contributed by atoms with Crippen LogP contribution in [-0.2, 0) is 16.6 Å². The fourth-order valence-corrected chi connectivity index (χ4v) is 2.74. The van der Waals surface area contributed by atoms with Gasteiger partial charge in [0.05, 0.1) is 0 Å². The maximum Gasteiger partial charge on any atom is 0.260 e. The third-order valence-corrected chi connectivity index (χ3v) is 3.87. The van der Waals surface area contributed by atoms with Crippen LogP contribution in [0.15, 0.2) is 5.03 Å². The molecule has 0 bridgehead atoms. The predicted octanol–water partition coefficient (Wildman–Crippen LogP) is 0.516. The van der Waals surface area contributed by atoms with Crippen LogP contribution < -0.4 is 10.0 Å². The van der Waals surface area contributed by atoms with Crippen molar-refractivity contribution in [1.82, 2.24) is 20.2 Å². The van der Waals surface area contributed by atoms with Crippen molar-refractivity contribution >= 4 is 10.0 Å². The van der Waals surface area contributed by atoms with Gasteiger partial charge in [-0.05, 0) is 19.9 Å². The Hall–Kier alpha value is -0.920. The molecule has 0 radical (unpaired) electrons. The summed E-state index contributed by atoms with van der Waals surface area (Å²) in [6, 6.07) is 0. The van der Waals surface area contributed by atoms with Gasteiger partial charge < -0.3 is 5.32 Å². The van der Waals surface area contributed by atoms with Crippen LogP contribution in [0.4, 0.5) is 0 Å². The van der Waals surface area contributed by atoms with Crippen LogP contribution in [-0.4, -0.2) is 31.7 Å². The van der Waals surface area contributed by atoms with Gasteiger partial charge in [0.1, 0.15) is 0 Å². The Balaban J connectivity index is 2.93. The lowest BCUT2D eigenvalue weighted by molar-refractivity contribution is 0.576. The lowest BCUT2D eigenvalue weighted by Crippen LogP contribution is -2.25. The summed E-state index contributed by atoms with van der Waals surface area (Å²) in [6.45, 7) is 7.34. The number of aromatic amines is 1. The monoisotopic (exact) mass is 260 g/mol. The van der Waals surface area contributed by atoms with Crippen molar-refractivity contribution in [2.24, 2.45) is 0 Å². The summed E-state index contributed by atoms with van der Waals surface area (Å²) in [7, 11) is -3.49. The number of rotatable bonds is 7. The van der Waals surface area contributed by atoms with Gasteiger partial charge in [-0.2, -0.15) is 5.10 Å². The van der Waals surface area contributed by atoms with E-state index >= 15 is 0 Å². The topological polar surface area (TPSA) is 86.9 Å². The summed E-state index contributed by atoms with van der Waals surface area (Å²) >= 11 is 0. The van der Waals surface area contributed by atoms with Crippen LogP contribution in [0.25, 0.3) is 0 Å². The fourth-order valence-electron chi connectivity index (χ4n) is 1.51. The number of nitrogens with one attached hydrogen (secondary N) is 3. The number of nitrogens with zero attached hydrogens (tertiary/aromatic N) is 1. The van der Waals surface area contributed by atoms with Gasteiger partial charge in [-0.3, -0.25) is 5.10 Å². The average molecular weight is 260 g/mol. The van der Waals surface area contributed by atoms with E-state index < -0.39 is 10.0 Å². The van der Waals surface area contributed by atoms with Gasteiger partial charge in [0, 0.05) is 24.3 Å². The van der Waals surface area contributed by atoms with Crippen molar-refractivity contribution in [1.29, 1.82) is 0 Å². The van der Waals surface area contributed by atoms with Crippen LogP contribution in [0.1, 0.15) is 31.5 Å². The molecule has 3 N–H and O–H groups in total. The number of hydrogen-bond donors (Lipinski definition) is 3. The second kappa shape index (κ2) is 6.13. The Labute approximate surface area is 102 Å². The van der Waals surface area contributed by atoms with E-state index in [-0.39, 0.29) is 5.03 Å². The minimum absolute atomic E-state index is 0.0976. The van der Waals surface area contributed by atoms with Crippen LogP contribution in [0.2, 0.25) is 0 Å². The Morgan fingerprint density at radius 2 is 2.06 bits per heavy atom. The van der Waals surface area contributed by atoms with Crippen LogP contribution in [0, 0.1) is 6.92 Å². The molecule has 1 aromatic rings. The molecule has 6 nitrogen and oxygen atoms in total. The van der Waals surface area contributed by atoms with Crippen LogP contribution in [0.5, 0.6) is 0 Å². The Morgan fingerprint density at radius 1 is 1.35 bits per heavy atom. The second-order valence-electron chi connectivity index (χ2n) is 3.81. The van der Waals surface area contributed by atoms with Crippen molar-refractivity contribution in [3.63, 3.8) is 0 Å². The minimum atomic E-state index is -3.49. The highest BCUT2D eigenvalue weighted by Gasteiger charge is 2.22. The average Bonchev–Trinajstić information content (AvgIpc) is 2.61. The van der Waals surface area contributed by atoms with Crippen molar-refractivity contribution < 1.29 is 8.42 Å². The minimum Gasteiger partial charge on any atom is -0.313 e. The van der Waals surface area contributed by atoms with E-state index in [1.807, 2.05) is 6.92 Å². The molecule has 0 unspecified atom stereocenters. The van der Waals surface area contributed by atoms with Gasteiger partial charge in [0.25, 0.3) is 10.0 Å². The standard InChI is InChI=1S/C10H20N4O2S/c1-4-6-11-7-9-8(3)13-14-10(9)17(15,16)12-5-2/h11-12H,4-7H2,1-3H3,(H,13,14). The van der Waals surface area contributed by atoms with Gasteiger partial charge in [-0.15, -0.1) is 0 Å². The van der Waals surface area contributed by atoms with E-state index in [1.54, 1.807) is 6.92 Å². The molecule has 0 saturated carbocycles. The molecule has 98 valence electrons. The molecule has 1 aromatic heterocycles. The molecular weight excluding hydrogens is 240 g/mol. The summed E-state index contributed by atoms with van der Waals surface area (Å²) in [4.78, 5) is 0. The van der Waals surface area contributed by atoms with Crippen LogP contribution >= 0.6 is 0 Å². The lowest BCUT2D eigenvalue weighted by Gasteiger charge is -2.06. The van der Waals surface area contributed by atoms with Crippen molar-refractivity contribution in [2.45, 2.75) is 38.8 Å². The summed E-state index contributed by atoms with van der Waals surface area (Å²) in [5.41, 5.74) is 1.49. The molecule has 0 aliphatic carbocycles. The molecule has 17 heavy (non-hydrogen) atoms. The molecule has 0 aromatic carbocycles. The van der Waals surface area contributed by atoms with Crippen molar-refractivity contribution in [3.05, 3.63) is 11.3 Å². The third kappa shape index (κ3) is 3.52. The summed E-state index contributed by atoms with van der Waals surface area (Å²) in [5, 5.41) is 9.87. The molecule has 0 spiro atoms. The quantitative estimate of drug-likeness (QED) is 0.624. The predicted molar refractivity (Wildman–Crippen MR) is 66.2 cm³/mol. The number of aryl methyl sites for hydroxylation is 1. The largest absolute Gasteiger partial charge is 0.313 e. The highest BCUT2D eigenvalue weighted by molar-refractivity contribution is 7.89. The molecule has 0 atom stereocenters. The number of aromatic nitrogens is 2. The molecule has 0 aliphatic heterocycles. The molecular formula is C10H20N4O2S. The maximum absolute atomic E-state index is 11.9. The first-order valence-electron chi connectivity index (χ1n) is 5.77. The Kier molecular flexibility index (Phi) is 5.10. The maximum atomic E-state index is 11.9. The zero-order valence-electron chi connectivity index (χ0n) is 10.5. The highest BCUT2D eigenvalue weighted by Crippen LogP contribution is 2.15. The first-order valence-corrected chi connectivity index (χ1v) is 7.25. The van der Waals surface area contributed by atoms with Gasteiger partial charge in [0.2, 0.25) is 0 Å². The molecule has 1 rings (SSSR count). The van der Waals surface area contributed by atoms with Gasteiger partial charge >= 0.3 is 0 Å². The van der Waals surface area contributed by atoms with Crippen molar-refractivity contribution in [2.75, 3.05) is 13.1 Å². The number of H-pyrrole nitrogens is 1. The van der Waals surface area contributed by atoms with Gasteiger partial charge in [-0.25, -0.2) is 13.1 Å². The molecule has 0 saturated heterocycles. The Morgan fingerprint density at radius 3 is 2.65 bits per heavy atom. The SMILES string of the molecule is CCCNCc1c(S(=O)(=O)NCC)n[nH]c1C. The third-order valence-electron chi connectivity index (χ3n) is 2.35. The van der Waals surface area contributed by atoms with E-state index in [0.717, 1.165) is 18.7 Å². The lowest BCUT2D eigenvalue weighted by atomic mass is 10.2. The highest BCUT2D eigenvalue weighted by atomic mass is 32.2. The zero-order valence-corrected chi connectivity index (χ0v) is 11.3. The van der Waals surface area contributed by atoms with Crippen LogP contribution in [0.3, 0.4) is 0 Å². The van der Waals surface area contributed by atoms with Gasteiger partial charge in [0.15, 0.2) is 5.03 Å². The van der Waals surface area contributed by atoms with E-state index in [4.69, 9.17) is 0 Å². The summed E-state index contributed by atoms with van der Waals surface area (Å²) < 4.78 is 26.2.